The van der Waals surface area contributed by atoms with Gasteiger partial charge in [0.05, 0.1) is 71.8 Å². The largest absolute Gasteiger partial charge is 0.416 e. The Labute approximate surface area is 868 Å². The lowest BCUT2D eigenvalue weighted by molar-refractivity contribution is -0.138. The summed E-state index contributed by atoms with van der Waals surface area (Å²) in [5.74, 6) is 4.41. The Morgan fingerprint density at radius 2 is 0.631 bits per heavy atom. The number of alkyl halides is 6. The van der Waals surface area contributed by atoms with Crippen LogP contribution < -0.4 is 34.3 Å². The maximum atomic E-state index is 14.2. The first-order valence-electron chi connectivity index (χ1n) is 49.2. The topological polar surface area (TPSA) is 379 Å². The first-order valence-corrected chi connectivity index (χ1v) is 51.5. The van der Waals surface area contributed by atoms with Crippen LogP contribution in [0.4, 0.5) is 76.0 Å². The molecule has 0 N–H and O–H groups in total. The lowest BCUT2D eigenvalue weighted by Gasteiger charge is -2.33. The van der Waals surface area contributed by atoms with Gasteiger partial charge < -0.3 is 39.2 Å². The summed E-state index contributed by atoms with van der Waals surface area (Å²) in [5.41, 5.74) is 10.9. The number of aromatic nitrogens is 32. The third-order valence-corrected chi connectivity index (χ3v) is 28.7. The number of piperazine rings is 1. The Hall–Kier alpha value is -14.4. The van der Waals surface area contributed by atoms with Crippen molar-refractivity contribution in [1.82, 2.24) is 164 Å². The molecular formula is C96H93BrCl4F8N40. The zero-order valence-electron chi connectivity index (χ0n) is 80.0. The van der Waals surface area contributed by atoms with Gasteiger partial charge in [-0.05, 0) is 280 Å². The molecule has 0 unspecified atom stereocenters. The fraction of sp³-hybridized carbons (Fsp3) is 0.385. The average molecular weight is 2180 g/mol. The summed E-state index contributed by atoms with van der Waals surface area (Å²) in [5, 5.41) is 70.3. The zero-order chi connectivity index (χ0) is 102. The molecule has 0 atom stereocenters. The number of fused-ring (bicyclic) bond motifs is 21. The van der Waals surface area contributed by atoms with Gasteiger partial charge in [-0.15, -0.1) is 40.8 Å². The van der Waals surface area contributed by atoms with E-state index in [0.29, 0.717) is 109 Å². The zero-order valence-corrected chi connectivity index (χ0v) is 84.7. The van der Waals surface area contributed by atoms with Crippen molar-refractivity contribution in [3.63, 3.8) is 0 Å². The second kappa shape index (κ2) is 42.7. The van der Waals surface area contributed by atoms with Gasteiger partial charge in [0.1, 0.15) is 30.0 Å². The summed E-state index contributed by atoms with van der Waals surface area (Å²) < 4.78 is 118. The Morgan fingerprint density at radius 1 is 0.295 bits per heavy atom. The lowest BCUT2D eigenvalue weighted by Crippen LogP contribution is -2.45. The van der Waals surface area contributed by atoms with E-state index in [1.165, 1.54) is 108 Å². The summed E-state index contributed by atoms with van der Waals surface area (Å²) in [6.45, 7) is 15.1. The van der Waals surface area contributed by atoms with Crippen LogP contribution in [-0.2, 0) is 12.4 Å². The maximum Gasteiger partial charge on any atom is 0.416 e. The number of hydrogen-bond donors (Lipinski definition) is 0. The van der Waals surface area contributed by atoms with Gasteiger partial charge in [-0.3, -0.25) is 8.80 Å². The Kier molecular flexibility index (Phi) is 28.4. The number of tetrazole rings is 4. The van der Waals surface area contributed by atoms with Crippen molar-refractivity contribution < 1.29 is 35.1 Å². The molecule has 21 heterocycles. The van der Waals surface area contributed by atoms with Crippen molar-refractivity contribution in [1.29, 1.82) is 0 Å². The predicted molar refractivity (Wildman–Crippen MR) is 553 cm³/mol. The average Bonchev–Trinajstić information content (AvgIpc) is 1.73. The molecule has 40 nitrogen and oxygen atoms in total. The first kappa shape index (κ1) is 99.2. The molecule has 7 saturated heterocycles. The number of benzene rings is 7. The van der Waals surface area contributed by atoms with Crippen LogP contribution in [0.15, 0.2) is 139 Å². The van der Waals surface area contributed by atoms with E-state index < -0.39 is 29.3 Å². The van der Waals surface area contributed by atoms with Crippen LogP contribution in [0.5, 0.6) is 0 Å². The summed E-state index contributed by atoms with van der Waals surface area (Å²) in [6.07, 6.45) is 16.8. The van der Waals surface area contributed by atoms with E-state index in [1.54, 1.807) is 33.8 Å². The van der Waals surface area contributed by atoms with Crippen molar-refractivity contribution in [2.24, 2.45) is 0 Å². The van der Waals surface area contributed by atoms with Gasteiger partial charge in [0.15, 0.2) is 52.2 Å². The number of rotatable bonds is 7. The molecule has 0 bridgehead atoms. The van der Waals surface area contributed by atoms with Crippen LogP contribution in [0, 0.1) is 11.6 Å². The highest BCUT2D eigenvalue weighted by Crippen LogP contribution is 2.40. The molecule has 7 aromatic carbocycles. The number of halogens is 13. The molecule has 149 heavy (non-hydrogen) atoms. The highest BCUT2D eigenvalue weighted by molar-refractivity contribution is 9.10. The molecule has 0 spiro atoms. The molecule has 53 heteroatoms. The number of piperidine rings is 6. The van der Waals surface area contributed by atoms with Gasteiger partial charge in [-0.1, -0.05) is 62.3 Å². The van der Waals surface area contributed by atoms with Gasteiger partial charge in [-0.2, -0.15) is 54.0 Å². The number of hydrogen-bond acceptors (Lipinski definition) is 33. The Balaban J connectivity index is 0.0000000984. The number of nitrogens with zero attached hydrogens (tertiary/aromatic N) is 40. The van der Waals surface area contributed by atoms with Crippen molar-refractivity contribution in [3.05, 3.63) is 182 Å². The van der Waals surface area contributed by atoms with Gasteiger partial charge >= 0.3 is 12.4 Å². The summed E-state index contributed by atoms with van der Waals surface area (Å²) in [7, 11) is 2.14. The molecule has 7 aliphatic heterocycles. The van der Waals surface area contributed by atoms with Crippen molar-refractivity contribution in [3.8, 4) is 0 Å². The first-order chi connectivity index (χ1) is 72.4. The fourth-order valence-electron chi connectivity index (χ4n) is 19.8. The third kappa shape index (κ3) is 20.7. The van der Waals surface area contributed by atoms with Crippen LogP contribution in [-0.4, -0.2) is 276 Å². The SMILES string of the molecule is CN1CCN(c2nc3ccc(Cl)cc3n3cnnc23)CC1.Clc1ccc2nc(N3CCCCC3)c3nncn3c2c1.Clc1ccc2nc(N3CCCCC3)c3nnnn3c2c1.FC(F)(F)c1ccc2nc(N3CCCCC3)c3nnnn3c2c1.FC(F)(F)c1ccc2nc(N3CCCCC3)n3ncnc3c2c1.Fc1cc(Br)cc2c1nc(N1CCCCC1)c1nnnn12.Fc1cc(Cl)cc2c1nc(N1CCCCC1)c1nnnn12. The summed E-state index contributed by atoms with van der Waals surface area (Å²) >= 11 is 27.4. The second-order valence-electron chi connectivity index (χ2n) is 37.1. The highest BCUT2D eigenvalue weighted by atomic mass is 79.9. The number of anilines is 7. The van der Waals surface area contributed by atoms with E-state index in [2.05, 4.69) is 175 Å². The van der Waals surface area contributed by atoms with Gasteiger partial charge in [0, 0.05) is 135 Å². The van der Waals surface area contributed by atoms with Crippen LogP contribution >= 0.6 is 62.3 Å². The van der Waals surface area contributed by atoms with E-state index >= 15 is 0 Å². The van der Waals surface area contributed by atoms with Crippen LogP contribution in [0.2, 0.25) is 20.1 Å². The molecule has 7 aliphatic rings. The molecular weight excluding hydrogens is 2090 g/mol. The lowest BCUT2D eigenvalue weighted by atomic mass is 10.1. The quantitative estimate of drug-likeness (QED) is 0.134. The predicted octanol–water partition coefficient (Wildman–Crippen LogP) is 17.9. The maximum absolute atomic E-state index is 14.2. The molecule has 0 radical (unpaired) electrons. The van der Waals surface area contributed by atoms with Crippen molar-refractivity contribution >= 4 is 220 Å². The van der Waals surface area contributed by atoms with Crippen LogP contribution in [0.1, 0.15) is 127 Å². The standard InChI is InChI=1S/C15H14F3N5.C14H15ClN6.C14H14ClN5.C14H13F3N6.C13H12BrFN6.C13H12ClFN6.C13H13ClN6/c16-15(17,18)10-4-5-12-11(8-10)13-19-9-20-23(13)14(21-12)22-6-2-1-3-7-22;1-19-4-6-20(7-5-19)13-14-18-16-9-21(14)12-8-10(15)2-3-11(12)17-13;15-10-4-5-11-12(8-10)20-9-16-18-14(20)13(17-11)19-6-2-1-3-7-19;15-14(16,17)9-4-5-10-11(8-9)23-13(19-20-21-23)12(18-10)22-6-2-1-3-7-22;2*14-8-6-9(15)11-10(7-8)21-13(17-18-19-21)12(16-11)20-4-2-1-3-5-20;14-9-4-5-10-11(8-9)20-13(16-17-18-20)12(15-10)19-6-2-1-3-7-19/h4-5,8-9H,1-3,6-7H2;2-3,8-9H,4-7H2,1H3;4-5,8-9H,1-3,6-7H2;4-5,8H,1-3,6-7H2;2*6-7H,1-5H2;4-5,8H,1-3,6-7H2. The van der Waals surface area contributed by atoms with Gasteiger partial charge in [-0.25, -0.2) is 48.7 Å². The highest BCUT2D eigenvalue weighted by Gasteiger charge is 2.35. The normalized spacial score (nSPS) is 16.3. The molecule has 0 aliphatic carbocycles. The van der Waals surface area contributed by atoms with Crippen molar-refractivity contribution in [2.45, 2.75) is 128 Å². The van der Waals surface area contributed by atoms with E-state index in [1.807, 2.05) is 63.4 Å². The van der Waals surface area contributed by atoms with E-state index in [9.17, 15) is 35.1 Å². The van der Waals surface area contributed by atoms with Gasteiger partial charge in [0.25, 0.3) is 0 Å². The fourth-order valence-corrected chi connectivity index (χ4v) is 20.9. The molecule has 28 rings (SSSR count). The van der Waals surface area contributed by atoms with E-state index in [-0.39, 0.29) is 16.9 Å². The van der Waals surface area contributed by atoms with Crippen LogP contribution in [0.3, 0.4) is 0 Å². The van der Waals surface area contributed by atoms with E-state index in [4.69, 9.17) is 61.4 Å². The number of likely N-dealkylation sites (N-methyl/N-ethyl adjacent to an activating group) is 1. The molecule has 14 aromatic heterocycles. The van der Waals surface area contributed by atoms with Crippen molar-refractivity contribution in [2.75, 3.05) is 146 Å². The minimum atomic E-state index is -4.42. The minimum absolute atomic E-state index is 0.236. The summed E-state index contributed by atoms with van der Waals surface area (Å²) in [4.78, 5) is 54.1. The molecule has 21 aromatic rings. The van der Waals surface area contributed by atoms with Gasteiger partial charge in [0.2, 0.25) is 39.8 Å². The Morgan fingerprint density at radius 3 is 1.05 bits per heavy atom. The minimum Gasteiger partial charge on any atom is -0.353 e. The van der Waals surface area contributed by atoms with Crippen LogP contribution in [0.25, 0.3) is 117 Å². The van der Waals surface area contributed by atoms with E-state index in [0.717, 1.165) is 242 Å². The molecule has 0 amide bonds. The second-order valence-corrected chi connectivity index (χ2v) is 39.8. The molecule has 768 valence electrons. The molecule has 0 saturated carbocycles. The molecule has 7 fully saturated rings. The third-order valence-electron chi connectivity index (χ3n) is 27.3. The monoisotopic (exact) mass is 2180 g/mol. The smallest absolute Gasteiger partial charge is 0.353 e. The summed E-state index contributed by atoms with van der Waals surface area (Å²) in [6, 6.07) is 30.1. The Bertz CT molecular complexity index is 8080.